The lowest BCUT2D eigenvalue weighted by molar-refractivity contribution is -0.0566. The summed E-state index contributed by atoms with van der Waals surface area (Å²) in [4.78, 5) is 8.70. The summed E-state index contributed by atoms with van der Waals surface area (Å²) in [5, 5.41) is 19.7. The first kappa shape index (κ1) is 21.6. The van der Waals surface area contributed by atoms with Crippen LogP contribution in [0.25, 0.3) is 0 Å². The fraction of sp³-hybridized carbons (Fsp3) is 0.762. The third-order valence-electron chi connectivity index (χ3n) is 5.89. The van der Waals surface area contributed by atoms with Crippen LogP contribution < -0.4 is 10.6 Å². The van der Waals surface area contributed by atoms with Crippen LogP contribution in [-0.4, -0.2) is 67.5 Å². The van der Waals surface area contributed by atoms with Gasteiger partial charge in [0.05, 0.1) is 18.2 Å². The fourth-order valence-corrected chi connectivity index (χ4v) is 4.76. The molecular formula is C21H36N4O2S. The molecule has 2 aliphatic heterocycles. The van der Waals surface area contributed by atoms with E-state index >= 15 is 0 Å². The molecule has 28 heavy (non-hydrogen) atoms. The standard InChI is InChI=1S/C21H36N4O2S/c1-3-22-20(24-16-21(26)8-12-27-13-9-21)23-15-18(19-5-4-14-28-19)25-10-6-17(2)7-11-25/h4-5,14,17-18,26H,3,6-13,15-16H2,1-2H3,(H2,22,23,24). The number of hydrogen-bond acceptors (Lipinski definition) is 5. The van der Waals surface area contributed by atoms with Crippen molar-refractivity contribution in [3.05, 3.63) is 22.4 Å². The molecule has 0 aliphatic carbocycles. The summed E-state index contributed by atoms with van der Waals surface area (Å²) in [6.07, 6.45) is 3.84. The quantitative estimate of drug-likeness (QED) is 0.478. The summed E-state index contributed by atoms with van der Waals surface area (Å²) < 4.78 is 5.37. The molecule has 1 aromatic rings. The minimum Gasteiger partial charge on any atom is -0.388 e. The van der Waals surface area contributed by atoms with E-state index in [2.05, 4.69) is 46.9 Å². The summed E-state index contributed by atoms with van der Waals surface area (Å²) in [6.45, 7) is 10.00. The van der Waals surface area contributed by atoms with Gasteiger partial charge in [0.2, 0.25) is 0 Å². The number of nitrogens with zero attached hydrogens (tertiary/aromatic N) is 2. The van der Waals surface area contributed by atoms with Gasteiger partial charge in [0.15, 0.2) is 5.96 Å². The van der Waals surface area contributed by atoms with E-state index in [0.717, 1.165) is 38.1 Å². The average molecular weight is 409 g/mol. The van der Waals surface area contributed by atoms with Gasteiger partial charge in [-0.3, -0.25) is 9.89 Å². The van der Waals surface area contributed by atoms with Crippen molar-refractivity contribution in [1.82, 2.24) is 15.5 Å². The van der Waals surface area contributed by atoms with Gasteiger partial charge < -0.3 is 20.5 Å². The summed E-state index contributed by atoms with van der Waals surface area (Å²) in [7, 11) is 0. The van der Waals surface area contributed by atoms with Gasteiger partial charge in [0.25, 0.3) is 0 Å². The maximum atomic E-state index is 10.7. The number of nitrogens with one attached hydrogen (secondary N) is 2. The molecule has 7 heteroatoms. The third kappa shape index (κ3) is 6.17. The van der Waals surface area contributed by atoms with Gasteiger partial charge in [0, 0.05) is 44.0 Å². The predicted molar refractivity (Wildman–Crippen MR) is 116 cm³/mol. The molecule has 0 radical (unpaired) electrons. The molecule has 0 amide bonds. The van der Waals surface area contributed by atoms with E-state index < -0.39 is 5.60 Å². The molecule has 3 rings (SSSR count). The van der Waals surface area contributed by atoms with Gasteiger partial charge in [0.1, 0.15) is 0 Å². The van der Waals surface area contributed by atoms with Crippen molar-refractivity contribution in [2.75, 3.05) is 45.9 Å². The highest BCUT2D eigenvalue weighted by molar-refractivity contribution is 7.10. The van der Waals surface area contributed by atoms with E-state index in [0.29, 0.717) is 38.6 Å². The van der Waals surface area contributed by atoms with Gasteiger partial charge in [-0.1, -0.05) is 13.0 Å². The number of aliphatic imine (C=N–C) groups is 1. The first-order valence-corrected chi connectivity index (χ1v) is 11.6. The Bertz CT molecular complexity index is 594. The highest BCUT2D eigenvalue weighted by atomic mass is 32.1. The largest absolute Gasteiger partial charge is 0.388 e. The first-order chi connectivity index (χ1) is 13.6. The number of rotatable bonds is 7. The second-order valence-corrected chi connectivity index (χ2v) is 9.14. The molecule has 158 valence electrons. The van der Waals surface area contributed by atoms with E-state index in [1.165, 1.54) is 17.7 Å². The van der Waals surface area contributed by atoms with Gasteiger partial charge in [-0.05, 0) is 50.2 Å². The molecule has 2 saturated heterocycles. The molecule has 0 saturated carbocycles. The van der Waals surface area contributed by atoms with Crippen molar-refractivity contribution >= 4 is 17.3 Å². The number of aliphatic hydroxyl groups is 1. The van der Waals surface area contributed by atoms with Crippen LogP contribution in [0.15, 0.2) is 22.5 Å². The lowest BCUT2D eigenvalue weighted by Gasteiger charge is -2.36. The maximum Gasteiger partial charge on any atom is 0.191 e. The Kier molecular flexibility index (Phi) is 8.14. The molecule has 1 atom stereocenters. The molecule has 1 aromatic heterocycles. The van der Waals surface area contributed by atoms with Crippen LogP contribution >= 0.6 is 11.3 Å². The second-order valence-electron chi connectivity index (χ2n) is 8.16. The Hall–Kier alpha value is -1.15. The normalized spacial score (nSPS) is 22.8. The Morgan fingerprint density at radius 3 is 2.75 bits per heavy atom. The summed E-state index contributed by atoms with van der Waals surface area (Å²) >= 11 is 1.83. The van der Waals surface area contributed by atoms with Crippen molar-refractivity contribution < 1.29 is 9.84 Å². The van der Waals surface area contributed by atoms with Crippen LogP contribution in [0.3, 0.4) is 0 Å². The Morgan fingerprint density at radius 1 is 1.36 bits per heavy atom. The lowest BCUT2D eigenvalue weighted by Crippen LogP contribution is -2.46. The minimum absolute atomic E-state index is 0.363. The molecule has 6 nitrogen and oxygen atoms in total. The number of piperidine rings is 1. The lowest BCUT2D eigenvalue weighted by atomic mass is 9.95. The number of thiophene rings is 1. The molecule has 3 heterocycles. The molecule has 2 aliphatic rings. The highest BCUT2D eigenvalue weighted by Gasteiger charge is 2.30. The van der Waals surface area contributed by atoms with E-state index in [-0.39, 0.29) is 0 Å². The molecule has 3 N–H and O–H groups in total. The van der Waals surface area contributed by atoms with E-state index in [1.807, 2.05) is 11.3 Å². The Balaban J connectivity index is 1.62. The topological polar surface area (TPSA) is 69.1 Å². The number of ether oxygens (including phenoxy) is 1. The SMILES string of the molecule is CCNC(=NCC1(O)CCOCC1)NCC(c1cccs1)N1CCC(C)CC1. The molecule has 0 bridgehead atoms. The van der Waals surface area contributed by atoms with Crippen molar-refractivity contribution in [3.63, 3.8) is 0 Å². The second kappa shape index (κ2) is 10.6. The van der Waals surface area contributed by atoms with Crippen molar-refractivity contribution in [2.24, 2.45) is 10.9 Å². The molecular weight excluding hydrogens is 372 g/mol. The van der Waals surface area contributed by atoms with Crippen LogP contribution in [0, 0.1) is 5.92 Å². The van der Waals surface area contributed by atoms with Gasteiger partial charge in [-0.25, -0.2) is 0 Å². The molecule has 2 fully saturated rings. The van der Waals surface area contributed by atoms with Gasteiger partial charge >= 0.3 is 0 Å². The number of hydrogen-bond donors (Lipinski definition) is 3. The van der Waals surface area contributed by atoms with Crippen LogP contribution in [0.4, 0.5) is 0 Å². The smallest absolute Gasteiger partial charge is 0.191 e. The van der Waals surface area contributed by atoms with E-state index in [9.17, 15) is 5.11 Å². The van der Waals surface area contributed by atoms with Crippen LogP contribution in [0.1, 0.15) is 50.4 Å². The first-order valence-electron chi connectivity index (χ1n) is 10.7. The van der Waals surface area contributed by atoms with Crippen molar-refractivity contribution in [1.29, 1.82) is 0 Å². The average Bonchev–Trinajstić information content (AvgIpc) is 3.22. The summed E-state index contributed by atoms with van der Waals surface area (Å²) in [5.74, 6) is 1.61. The Labute approximate surface area is 173 Å². The monoisotopic (exact) mass is 408 g/mol. The van der Waals surface area contributed by atoms with Gasteiger partial charge in [-0.2, -0.15) is 0 Å². The number of likely N-dealkylation sites (tertiary alicyclic amines) is 1. The fourth-order valence-electron chi connectivity index (χ4n) is 3.90. The highest BCUT2D eigenvalue weighted by Crippen LogP contribution is 2.29. The predicted octanol–water partition coefficient (Wildman–Crippen LogP) is 2.62. The van der Waals surface area contributed by atoms with Gasteiger partial charge in [-0.15, -0.1) is 11.3 Å². The summed E-state index contributed by atoms with van der Waals surface area (Å²) in [5.41, 5.74) is -0.739. The third-order valence-corrected chi connectivity index (χ3v) is 6.87. The zero-order valence-electron chi connectivity index (χ0n) is 17.3. The van der Waals surface area contributed by atoms with E-state index in [4.69, 9.17) is 9.73 Å². The van der Waals surface area contributed by atoms with Crippen LogP contribution in [-0.2, 0) is 4.74 Å². The zero-order valence-corrected chi connectivity index (χ0v) is 18.1. The van der Waals surface area contributed by atoms with E-state index in [1.54, 1.807) is 0 Å². The minimum atomic E-state index is -0.739. The van der Waals surface area contributed by atoms with Crippen LogP contribution in [0.5, 0.6) is 0 Å². The number of guanidine groups is 1. The maximum absolute atomic E-state index is 10.7. The summed E-state index contributed by atoms with van der Waals surface area (Å²) in [6, 6.07) is 4.74. The van der Waals surface area contributed by atoms with Crippen molar-refractivity contribution in [3.8, 4) is 0 Å². The van der Waals surface area contributed by atoms with Crippen molar-refractivity contribution in [2.45, 2.75) is 51.2 Å². The molecule has 1 unspecified atom stereocenters. The molecule has 0 aromatic carbocycles. The Morgan fingerprint density at radius 2 is 2.11 bits per heavy atom. The van der Waals surface area contributed by atoms with Crippen LogP contribution in [0.2, 0.25) is 0 Å². The zero-order chi connectivity index (χ0) is 19.8. The molecule has 0 spiro atoms.